The van der Waals surface area contributed by atoms with E-state index >= 15 is 0 Å². The van der Waals surface area contributed by atoms with Crippen LogP contribution in [0.4, 0.5) is 17.2 Å². The topological polar surface area (TPSA) is 54.0 Å². The van der Waals surface area contributed by atoms with E-state index in [0.717, 1.165) is 15.0 Å². The molecule has 23 heavy (non-hydrogen) atoms. The van der Waals surface area contributed by atoms with Crippen LogP contribution in [-0.2, 0) is 11.2 Å². The number of carbonyl (C=O) groups excluding carboxylic acids is 1. The summed E-state index contributed by atoms with van der Waals surface area (Å²) in [5, 5.41) is 8.04. The number of aromatic nitrogens is 1. The molecule has 0 aliphatic carbocycles. The van der Waals surface area contributed by atoms with Crippen LogP contribution in [0.5, 0.6) is 0 Å². The van der Waals surface area contributed by atoms with Crippen molar-refractivity contribution in [1.82, 2.24) is 4.98 Å². The van der Waals surface area contributed by atoms with E-state index in [-0.39, 0.29) is 5.91 Å². The van der Waals surface area contributed by atoms with Crippen LogP contribution in [0.1, 0.15) is 4.88 Å². The zero-order chi connectivity index (χ0) is 16.1. The second-order valence-corrected chi connectivity index (χ2v) is 6.73. The van der Waals surface area contributed by atoms with E-state index in [2.05, 4.69) is 31.5 Å². The van der Waals surface area contributed by atoms with Crippen molar-refractivity contribution in [3.63, 3.8) is 0 Å². The number of hydrogen-bond donors (Lipinski definition) is 2. The van der Waals surface area contributed by atoms with Gasteiger partial charge in [0, 0.05) is 9.35 Å². The Labute approximate surface area is 146 Å². The Morgan fingerprint density at radius 2 is 2.00 bits per heavy atom. The lowest BCUT2D eigenvalue weighted by Gasteiger charge is -2.09. The largest absolute Gasteiger partial charge is 0.339 e. The normalized spacial score (nSPS) is 10.3. The maximum Gasteiger partial charge on any atom is 0.229 e. The number of nitrogens with one attached hydrogen (secondary N) is 2. The number of pyridine rings is 1. The van der Waals surface area contributed by atoms with Crippen molar-refractivity contribution in [3.05, 3.63) is 69.5 Å². The van der Waals surface area contributed by atoms with E-state index in [1.807, 2.05) is 53.9 Å². The smallest absolute Gasteiger partial charge is 0.229 e. The SMILES string of the molecule is O=C(Cc1cccs1)Nc1ccc(Nc2ccccc2Br)nc1. The molecule has 6 heteroatoms. The maximum atomic E-state index is 11.9. The van der Waals surface area contributed by atoms with E-state index < -0.39 is 0 Å². The van der Waals surface area contributed by atoms with Crippen LogP contribution in [-0.4, -0.2) is 10.9 Å². The summed E-state index contributed by atoms with van der Waals surface area (Å²) in [6.45, 7) is 0. The lowest BCUT2D eigenvalue weighted by atomic mass is 10.3. The van der Waals surface area contributed by atoms with Crippen molar-refractivity contribution in [2.24, 2.45) is 0 Å². The Bertz CT molecular complexity index is 788. The first-order chi connectivity index (χ1) is 11.2. The fourth-order valence-electron chi connectivity index (χ4n) is 2.02. The fraction of sp³-hybridized carbons (Fsp3) is 0.0588. The fourth-order valence-corrected chi connectivity index (χ4v) is 3.11. The predicted octanol–water partition coefficient (Wildman–Crippen LogP) is 4.83. The molecule has 0 spiro atoms. The monoisotopic (exact) mass is 387 g/mol. The molecule has 4 nitrogen and oxygen atoms in total. The molecule has 0 saturated heterocycles. The number of carbonyl (C=O) groups is 1. The number of anilines is 3. The Hall–Kier alpha value is -2.18. The van der Waals surface area contributed by atoms with Crippen LogP contribution in [0.25, 0.3) is 0 Å². The summed E-state index contributed by atoms with van der Waals surface area (Å²) < 4.78 is 0.968. The zero-order valence-corrected chi connectivity index (χ0v) is 14.5. The molecule has 116 valence electrons. The van der Waals surface area contributed by atoms with Gasteiger partial charge in [-0.2, -0.15) is 0 Å². The van der Waals surface area contributed by atoms with E-state index in [1.54, 1.807) is 17.5 Å². The standard InChI is InChI=1S/C17H14BrN3OS/c18-14-5-1-2-6-15(14)21-16-8-7-12(11-19-16)20-17(22)10-13-4-3-9-23-13/h1-9,11H,10H2,(H,19,21)(H,20,22). The summed E-state index contributed by atoms with van der Waals surface area (Å²) in [4.78, 5) is 17.3. The molecule has 0 bridgehead atoms. The van der Waals surface area contributed by atoms with Gasteiger partial charge < -0.3 is 10.6 Å². The summed E-state index contributed by atoms with van der Waals surface area (Å²) in [7, 11) is 0. The molecule has 1 amide bonds. The first-order valence-corrected chi connectivity index (χ1v) is 8.68. The second-order valence-electron chi connectivity index (χ2n) is 4.84. The van der Waals surface area contributed by atoms with Gasteiger partial charge in [-0.1, -0.05) is 18.2 Å². The van der Waals surface area contributed by atoms with Crippen molar-refractivity contribution < 1.29 is 4.79 Å². The minimum atomic E-state index is -0.0410. The first-order valence-electron chi connectivity index (χ1n) is 7.00. The van der Waals surface area contributed by atoms with E-state index in [0.29, 0.717) is 17.9 Å². The summed E-state index contributed by atoms with van der Waals surface area (Å²) in [5.74, 6) is 0.675. The molecule has 0 radical (unpaired) electrons. The minimum Gasteiger partial charge on any atom is -0.339 e. The molecule has 0 atom stereocenters. The third-order valence-electron chi connectivity index (χ3n) is 3.10. The van der Waals surface area contributed by atoms with Crippen LogP contribution in [0.15, 0.2) is 64.6 Å². The van der Waals surface area contributed by atoms with E-state index in [9.17, 15) is 4.79 Å². The molecule has 2 N–H and O–H groups in total. The Morgan fingerprint density at radius 3 is 2.70 bits per heavy atom. The number of amides is 1. The number of hydrogen-bond acceptors (Lipinski definition) is 4. The zero-order valence-electron chi connectivity index (χ0n) is 12.1. The highest BCUT2D eigenvalue weighted by Gasteiger charge is 2.06. The quantitative estimate of drug-likeness (QED) is 0.658. The third-order valence-corrected chi connectivity index (χ3v) is 4.67. The van der Waals surface area contributed by atoms with Gasteiger partial charge in [0.25, 0.3) is 0 Å². The Morgan fingerprint density at radius 1 is 1.13 bits per heavy atom. The molecule has 0 aliphatic heterocycles. The van der Waals surface area contributed by atoms with Crippen molar-refractivity contribution in [2.45, 2.75) is 6.42 Å². The summed E-state index contributed by atoms with van der Waals surface area (Å²) in [6.07, 6.45) is 2.03. The van der Waals surface area contributed by atoms with Crippen molar-refractivity contribution >= 4 is 50.4 Å². The number of nitrogens with zero attached hydrogens (tertiary/aromatic N) is 1. The van der Waals surface area contributed by atoms with Crippen molar-refractivity contribution in [2.75, 3.05) is 10.6 Å². The maximum absolute atomic E-state index is 11.9. The molecule has 0 aliphatic rings. The number of rotatable bonds is 5. The van der Waals surface area contributed by atoms with Gasteiger partial charge in [0.05, 0.1) is 24.0 Å². The average Bonchev–Trinajstić information content (AvgIpc) is 3.04. The summed E-state index contributed by atoms with van der Waals surface area (Å²) in [6, 6.07) is 15.4. The van der Waals surface area contributed by atoms with Crippen molar-refractivity contribution in [3.8, 4) is 0 Å². The number of thiophene rings is 1. The average molecular weight is 388 g/mol. The van der Waals surface area contributed by atoms with Crippen LogP contribution < -0.4 is 10.6 Å². The van der Waals surface area contributed by atoms with Crippen LogP contribution in [0, 0.1) is 0 Å². The van der Waals surface area contributed by atoms with Gasteiger partial charge in [0.2, 0.25) is 5.91 Å². The highest BCUT2D eigenvalue weighted by Crippen LogP contribution is 2.24. The molecule has 2 heterocycles. The van der Waals surface area contributed by atoms with Gasteiger partial charge >= 0.3 is 0 Å². The van der Waals surface area contributed by atoms with Gasteiger partial charge in [-0.25, -0.2) is 4.98 Å². The molecule has 0 unspecified atom stereocenters. The highest BCUT2D eigenvalue weighted by atomic mass is 79.9. The third kappa shape index (κ3) is 4.40. The Balaban J connectivity index is 1.61. The first kappa shape index (κ1) is 15.7. The number of para-hydroxylation sites is 1. The molecule has 1 aromatic carbocycles. The molecule has 3 rings (SSSR count). The predicted molar refractivity (Wildman–Crippen MR) is 98.3 cm³/mol. The van der Waals surface area contributed by atoms with E-state index in [1.165, 1.54) is 0 Å². The lowest BCUT2D eigenvalue weighted by molar-refractivity contribution is -0.115. The van der Waals surface area contributed by atoms with E-state index in [4.69, 9.17) is 0 Å². The number of halogens is 1. The molecular formula is C17H14BrN3OS. The summed E-state index contributed by atoms with van der Waals surface area (Å²) in [5.41, 5.74) is 1.62. The molecule has 0 fully saturated rings. The van der Waals surface area contributed by atoms with Crippen LogP contribution in [0.3, 0.4) is 0 Å². The van der Waals surface area contributed by atoms with Gasteiger partial charge in [-0.3, -0.25) is 4.79 Å². The van der Waals surface area contributed by atoms with Crippen molar-refractivity contribution in [1.29, 1.82) is 0 Å². The Kier molecular flexibility index (Phi) is 5.05. The second kappa shape index (κ2) is 7.39. The van der Waals surface area contributed by atoms with Gasteiger partial charge in [0.1, 0.15) is 5.82 Å². The van der Waals surface area contributed by atoms with Gasteiger partial charge in [-0.15, -0.1) is 11.3 Å². The summed E-state index contributed by atoms with van der Waals surface area (Å²) >= 11 is 5.06. The molecule has 3 aromatic rings. The van der Waals surface area contributed by atoms with Crippen LogP contribution >= 0.6 is 27.3 Å². The minimum absolute atomic E-state index is 0.0410. The van der Waals surface area contributed by atoms with Gasteiger partial charge in [0.15, 0.2) is 0 Å². The lowest BCUT2D eigenvalue weighted by Crippen LogP contribution is -2.13. The highest BCUT2D eigenvalue weighted by molar-refractivity contribution is 9.10. The number of benzene rings is 1. The molecule has 2 aromatic heterocycles. The molecule has 0 saturated carbocycles. The molecular weight excluding hydrogens is 374 g/mol. The van der Waals surface area contributed by atoms with Gasteiger partial charge in [-0.05, 0) is 51.6 Å². The van der Waals surface area contributed by atoms with Crippen LogP contribution in [0.2, 0.25) is 0 Å².